The fourth-order valence-electron chi connectivity index (χ4n) is 3.17. The maximum absolute atomic E-state index is 12.3. The Kier molecular flexibility index (Phi) is 11.0. The lowest BCUT2D eigenvalue weighted by Crippen LogP contribution is -2.27. The number of esters is 1. The molecule has 0 saturated carbocycles. The first kappa shape index (κ1) is 28.4. The molecule has 1 amide bonds. The number of nitrogens with one attached hydrogen (secondary N) is 1. The van der Waals surface area contributed by atoms with Crippen molar-refractivity contribution in [3.05, 3.63) is 59.2 Å². The number of amides is 1. The van der Waals surface area contributed by atoms with Crippen LogP contribution in [0.1, 0.15) is 44.7 Å². The van der Waals surface area contributed by atoms with Crippen LogP contribution in [-0.2, 0) is 19.7 Å². The summed E-state index contributed by atoms with van der Waals surface area (Å²) in [6, 6.07) is 14.6. The van der Waals surface area contributed by atoms with Crippen LogP contribution in [0.15, 0.2) is 48.0 Å². The molecule has 2 aromatic carbocycles. The number of nitriles is 1. The van der Waals surface area contributed by atoms with E-state index in [0.717, 1.165) is 5.75 Å². The minimum absolute atomic E-state index is 0.0639. The van der Waals surface area contributed by atoms with Gasteiger partial charge in [0.25, 0.3) is 5.91 Å². The first-order chi connectivity index (χ1) is 17.2. The number of carbonyl (C=O) groups is 2. The van der Waals surface area contributed by atoms with Gasteiger partial charge >= 0.3 is 5.97 Å². The van der Waals surface area contributed by atoms with Crippen molar-refractivity contribution in [1.29, 1.82) is 5.26 Å². The topological polar surface area (TPSA) is 107 Å². The highest BCUT2D eigenvalue weighted by atomic mass is 16.6. The quantitative estimate of drug-likeness (QED) is 0.153. The number of nitrogens with zero attached hydrogens (tertiary/aromatic N) is 1. The molecule has 0 radical (unpaired) electrons. The average molecular weight is 495 g/mol. The third kappa shape index (κ3) is 9.08. The number of methoxy groups -OCH3 is 2. The zero-order valence-corrected chi connectivity index (χ0v) is 21.6. The molecule has 36 heavy (non-hydrogen) atoms. The molecule has 1 N–H and O–H groups in total. The average Bonchev–Trinajstić information content (AvgIpc) is 2.85. The number of benzene rings is 2. The molecule has 0 aliphatic rings. The van der Waals surface area contributed by atoms with Crippen LogP contribution in [0, 0.1) is 11.3 Å². The highest BCUT2D eigenvalue weighted by molar-refractivity contribution is 6.01. The van der Waals surface area contributed by atoms with Gasteiger partial charge in [-0.1, -0.05) is 39.0 Å². The maximum Gasteiger partial charge on any atom is 0.311 e. The van der Waals surface area contributed by atoms with Crippen molar-refractivity contribution < 1.29 is 28.5 Å². The minimum atomic E-state index is -0.503. The van der Waals surface area contributed by atoms with E-state index >= 15 is 0 Å². The number of carbonyl (C=O) groups excluding carboxylic acids is 2. The zero-order chi connectivity index (χ0) is 26.6. The lowest BCUT2D eigenvalue weighted by molar-refractivity contribution is -0.134. The second kappa shape index (κ2) is 13.9. The Morgan fingerprint density at radius 3 is 2.36 bits per heavy atom. The molecule has 0 fully saturated rings. The number of ether oxygens (including phenoxy) is 4. The van der Waals surface area contributed by atoms with Crippen LogP contribution in [0.4, 0.5) is 0 Å². The van der Waals surface area contributed by atoms with Gasteiger partial charge in [0.05, 0.1) is 20.3 Å². The molecule has 0 heterocycles. The van der Waals surface area contributed by atoms with E-state index in [1.807, 2.05) is 30.3 Å². The van der Waals surface area contributed by atoms with E-state index in [4.69, 9.17) is 18.9 Å². The molecule has 2 rings (SSSR count). The number of hydrogen-bond acceptors (Lipinski definition) is 7. The minimum Gasteiger partial charge on any atom is -0.494 e. The molecule has 0 aliphatic carbocycles. The van der Waals surface area contributed by atoms with Gasteiger partial charge in [-0.2, -0.15) is 5.26 Å². The predicted molar refractivity (Wildman–Crippen MR) is 137 cm³/mol. The van der Waals surface area contributed by atoms with Crippen LogP contribution < -0.4 is 19.5 Å². The van der Waals surface area contributed by atoms with Crippen molar-refractivity contribution in [2.24, 2.45) is 0 Å². The van der Waals surface area contributed by atoms with Gasteiger partial charge in [-0.15, -0.1) is 0 Å². The third-order valence-electron chi connectivity index (χ3n) is 5.19. The molecule has 0 atom stereocenters. The highest BCUT2D eigenvalue weighted by Gasteiger charge is 2.14. The summed E-state index contributed by atoms with van der Waals surface area (Å²) < 4.78 is 21.4. The van der Waals surface area contributed by atoms with Gasteiger partial charge in [0.2, 0.25) is 0 Å². The smallest absolute Gasteiger partial charge is 0.311 e. The summed E-state index contributed by atoms with van der Waals surface area (Å²) in [4.78, 5) is 24.4. The lowest BCUT2D eigenvalue weighted by atomic mass is 9.87. The van der Waals surface area contributed by atoms with Crippen LogP contribution in [0.3, 0.4) is 0 Å². The molecule has 0 saturated heterocycles. The van der Waals surface area contributed by atoms with Crippen LogP contribution >= 0.6 is 0 Å². The van der Waals surface area contributed by atoms with E-state index in [0.29, 0.717) is 37.5 Å². The second-order valence-corrected chi connectivity index (χ2v) is 9.03. The van der Waals surface area contributed by atoms with Crippen molar-refractivity contribution in [2.75, 3.05) is 34.0 Å². The largest absolute Gasteiger partial charge is 0.494 e. The summed E-state index contributed by atoms with van der Waals surface area (Å²) in [5.41, 5.74) is 1.79. The Hall–Kier alpha value is -3.83. The van der Waals surface area contributed by atoms with Gasteiger partial charge in [0, 0.05) is 20.1 Å². The number of rotatable bonds is 12. The van der Waals surface area contributed by atoms with E-state index in [2.05, 4.69) is 26.1 Å². The van der Waals surface area contributed by atoms with Crippen LogP contribution in [0.25, 0.3) is 6.08 Å². The van der Waals surface area contributed by atoms with E-state index < -0.39 is 11.9 Å². The van der Waals surface area contributed by atoms with E-state index in [-0.39, 0.29) is 23.2 Å². The molecule has 0 bridgehead atoms. The summed E-state index contributed by atoms with van der Waals surface area (Å²) in [6.45, 7) is 7.48. The normalized spacial score (nSPS) is 11.4. The summed E-state index contributed by atoms with van der Waals surface area (Å²) in [6.07, 6.45) is 2.10. The summed E-state index contributed by atoms with van der Waals surface area (Å²) in [5, 5.41) is 11.9. The van der Waals surface area contributed by atoms with Crippen molar-refractivity contribution in [2.45, 2.75) is 39.0 Å². The Balaban J connectivity index is 1.90. The van der Waals surface area contributed by atoms with Crippen molar-refractivity contribution in [1.82, 2.24) is 5.32 Å². The Labute approximate surface area is 212 Å². The van der Waals surface area contributed by atoms with Crippen molar-refractivity contribution in [3.63, 3.8) is 0 Å². The van der Waals surface area contributed by atoms with E-state index in [1.54, 1.807) is 18.2 Å². The Morgan fingerprint density at radius 2 is 1.75 bits per heavy atom. The SMILES string of the molecule is COCCNC(=O)/C(C#N)=C/c1ccc(OC(=O)CCCOc2ccc(C(C)(C)C)cc2)c(OC)c1. The fourth-order valence-corrected chi connectivity index (χ4v) is 3.17. The van der Waals surface area contributed by atoms with Gasteiger partial charge in [-0.3, -0.25) is 9.59 Å². The Bertz CT molecular complexity index is 1090. The predicted octanol–water partition coefficient (Wildman–Crippen LogP) is 4.43. The molecule has 8 nitrogen and oxygen atoms in total. The van der Waals surface area contributed by atoms with Gasteiger partial charge in [-0.05, 0) is 53.3 Å². The fraction of sp³-hybridized carbons (Fsp3) is 0.393. The van der Waals surface area contributed by atoms with Crippen molar-refractivity contribution >= 4 is 18.0 Å². The van der Waals surface area contributed by atoms with E-state index in [9.17, 15) is 14.9 Å². The Morgan fingerprint density at radius 1 is 1.03 bits per heavy atom. The molecular weight excluding hydrogens is 460 g/mol. The molecule has 8 heteroatoms. The second-order valence-electron chi connectivity index (χ2n) is 9.03. The number of hydrogen-bond donors (Lipinski definition) is 1. The van der Waals surface area contributed by atoms with Crippen molar-refractivity contribution in [3.8, 4) is 23.3 Å². The molecular formula is C28H34N2O6. The molecule has 0 spiro atoms. The van der Waals surface area contributed by atoms with Gasteiger partial charge in [0.15, 0.2) is 11.5 Å². The van der Waals surface area contributed by atoms with Gasteiger partial charge < -0.3 is 24.3 Å². The molecule has 192 valence electrons. The van der Waals surface area contributed by atoms with Crippen LogP contribution in [-0.4, -0.2) is 45.9 Å². The summed E-state index contributed by atoms with van der Waals surface area (Å²) in [7, 11) is 2.97. The first-order valence-corrected chi connectivity index (χ1v) is 11.7. The van der Waals surface area contributed by atoms with Gasteiger partial charge in [0.1, 0.15) is 17.4 Å². The molecule has 0 aromatic heterocycles. The summed E-state index contributed by atoms with van der Waals surface area (Å²) >= 11 is 0. The maximum atomic E-state index is 12.3. The van der Waals surface area contributed by atoms with E-state index in [1.165, 1.54) is 25.9 Å². The lowest BCUT2D eigenvalue weighted by Gasteiger charge is -2.19. The summed E-state index contributed by atoms with van der Waals surface area (Å²) in [5.74, 6) is 0.395. The van der Waals surface area contributed by atoms with Gasteiger partial charge in [-0.25, -0.2) is 0 Å². The van der Waals surface area contributed by atoms with Crippen LogP contribution in [0.2, 0.25) is 0 Å². The molecule has 2 aromatic rings. The van der Waals surface area contributed by atoms with Crippen LogP contribution in [0.5, 0.6) is 17.2 Å². The first-order valence-electron chi connectivity index (χ1n) is 11.7. The zero-order valence-electron chi connectivity index (χ0n) is 21.6. The molecule has 0 unspecified atom stereocenters. The standard InChI is InChI=1S/C28H34N2O6/c1-28(2,3)22-9-11-23(12-10-22)35-15-6-7-26(31)36-24-13-8-20(18-25(24)34-5)17-21(19-29)27(32)30-14-16-33-4/h8-13,17-18H,6-7,14-16H2,1-5H3,(H,30,32)/b21-17+. The highest BCUT2D eigenvalue weighted by Crippen LogP contribution is 2.29. The molecule has 0 aliphatic heterocycles. The monoisotopic (exact) mass is 494 g/mol. The third-order valence-corrected chi connectivity index (χ3v) is 5.19.